The van der Waals surface area contributed by atoms with E-state index in [1.165, 1.54) is 44.9 Å². The maximum absolute atomic E-state index is 12.0. The molecule has 0 radical (unpaired) electrons. The number of carbonyl (C=O) groups excluding carboxylic acids is 1. The lowest BCUT2D eigenvalue weighted by molar-refractivity contribution is -0.287. The van der Waals surface area contributed by atoms with Crippen LogP contribution in [0.2, 0.25) is 0 Å². The second-order valence-electron chi connectivity index (χ2n) is 9.43. The van der Waals surface area contributed by atoms with E-state index < -0.39 is 5.79 Å². The fourth-order valence-corrected chi connectivity index (χ4v) is 3.27. The Hall–Kier alpha value is -1.13. The summed E-state index contributed by atoms with van der Waals surface area (Å²) in [5.74, 6) is -0.642. The predicted molar refractivity (Wildman–Crippen MR) is 124 cm³/mol. The van der Waals surface area contributed by atoms with Gasteiger partial charge in [0.15, 0.2) is 5.79 Å². The molecule has 1 aliphatic rings. The molecule has 0 aromatic carbocycles. The van der Waals surface area contributed by atoms with Crippen LogP contribution < -0.4 is 0 Å². The molecule has 1 saturated heterocycles. The number of ether oxygens (including phenoxy) is 3. The van der Waals surface area contributed by atoms with Gasteiger partial charge < -0.3 is 14.2 Å². The van der Waals surface area contributed by atoms with Gasteiger partial charge in [-0.05, 0) is 52.4 Å². The van der Waals surface area contributed by atoms with E-state index in [4.69, 9.17) is 14.2 Å². The van der Waals surface area contributed by atoms with Crippen molar-refractivity contribution in [2.75, 3.05) is 19.8 Å². The highest BCUT2D eigenvalue weighted by Crippen LogP contribution is 2.29. The van der Waals surface area contributed by atoms with Crippen molar-refractivity contribution in [1.29, 1.82) is 0 Å². The largest absolute Gasteiger partial charge is 0.465 e. The van der Waals surface area contributed by atoms with Crippen LogP contribution in [0.5, 0.6) is 0 Å². The first-order chi connectivity index (χ1) is 14.4. The predicted octanol–water partition coefficient (Wildman–Crippen LogP) is 7.13. The van der Waals surface area contributed by atoms with Crippen LogP contribution in [0.15, 0.2) is 24.3 Å². The van der Waals surface area contributed by atoms with Crippen LogP contribution >= 0.6 is 0 Å². The monoisotopic (exact) mass is 422 g/mol. The minimum absolute atomic E-state index is 0.105. The summed E-state index contributed by atoms with van der Waals surface area (Å²) >= 11 is 0. The van der Waals surface area contributed by atoms with Gasteiger partial charge in [-0.2, -0.15) is 0 Å². The molecule has 0 saturated carbocycles. The fraction of sp³-hybridized carbons (Fsp3) is 0.808. The van der Waals surface area contributed by atoms with E-state index in [9.17, 15) is 4.79 Å². The van der Waals surface area contributed by atoms with E-state index in [0.717, 1.165) is 25.7 Å². The second kappa shape index (κ2) is 15.6. The summed E-state index contributed by atoms with van der Waals surface area (Å²) in [4.78, 5) is 12.0. The number of unbranched alkanes of at least 4 members (excludes halogenated alkanes) is 8. The van der Waals surface area contributed by atoms with Gasteiger partial charge in [-0.1, -0.05) is 70.3 Å². The highest BCUT2D eigenvalue weighted by molar-refractivity contribution is 5.69. The first-order valence-electron chi connectivity index (χ1n) is 12.1. The Kier molecular flexibility index (Phi) is 14.0. The molecule has 4 nitrogen and oxygen atoms in total. The lowest BCUT2D eigenvalue weighted by Crippen LogP contribution is -2.47. The lowest BCUT2D eigenvalue weighted by Gasteiger charge is -2.40. The van der Waals surface area contributed by atoms with Gasteiger partial charge in [0.1, 0.15) is 6.61 Å². The summed E-state index contributed by atoms with van der Waals surface area (Å²) in [5, 5.41) is 0. The molecular formula is C26H46O4. The molecular weight excluding hydrogens is 376 g/mol. The Morgan fingerprint density at radius 1 is 0.833 bits per heavy atom. The first kappa shape index (κ1) is 26.9. The lowest BCUT2D eigenvalue weighted by atomic mass is 9.93. The molecule has 1 heterocycles. The van der Waals surface area contributed by atoms with Crippen molar-refractivity contribution < 1.29 is 19.0 Å². The molecule has 0 unspecified atom stereocenters. The summed E-state index contributed by atoms with van der Waals surface area (Å²) in [7, 11) is 0. The molecule has 0 amide bonds. The van der Waals surface area contributed by atoms with Gasteiger partial charge in [0, 0.05) is 11.8 Å². The van der Waals surface area contributed by atoms with Crippen molar-refractivity contribution in [3.8, 4) is 0 Å². The molecule has 0 spiro atoms. The fourth-order valence-electron chi connectivity index (χ4n) is 3.27. The van der Waals surface area contributed by atoms with Crippen LogP contribution in [-0.4, -0.2) is 31.6 Å². The number of hydrogen-bond acceptors (Lipinski definition) is 4. The van der Waals surface area contributed by atoms with Crippen LogP contribution in [0.4, 0.5) is 0 Å². The van der Waals surface area contributed by atoms with Crippen LogP contribution in [0, 0.1) is 5.41 Å². The van der Waals surface area contributed by atoms with E-state index in [1.54, 1.807) is 0 Å². The summed E-state index contributed by atoms with van der Waals surface area (Å²) < 4.78 is 16.8. The van der Waals surface area contributed by atoms with Gasteiger partial charge in [-0.15, -0.1) is 0 Å². The molecule has 1 aliphatic heterocycles. The summed E-state index contributed by atoms with van der Waals surface area (Å²) in [6.45, 7) is 9.56. The van der Waals surface area contributed by atoms with Gasteiger partial charge in [-0.3, -0.25) is 4.79 Å². The van der Waals surface area contributed by atoms with Crippen LogP contribution in [0.1, 0.15) is 105 Å². The van der Waals surface area contributed by atoms with Crippen molar-refractivity contribution in [1.82, 2.24) is 0 Å². The van der Waals surface area contributed by atoms with Crippen LogP contribution in [0.25, 0.3) is 0 Å². The summed E-state index contributed by atoms with van der Waals surface area (Å²) in [6.07, 6.45) is 22.7. The third-order valence-electron chi connectivity index (χ3n) is 5.45. The topological polar surface area (TPSA) is 44.8 Å². The Morgan fingerprint density at radius 2 is 1.40 bits per heavy atom. The maximum atomic E-state index is 12.0. The molecule has 4 heteroatoms. The molecule has 0 aliphatic carbocycles. The van der Waals surface area contributed by atoms with Crippen molar-refractivity contribution in [3.63, 3.8) is 0 Å². The molecule has 174 valence electrons. The number of carbonyl (C=O) groups is 1. The number of hydrogen-bond donors (Lipinski definition) is 0. The maximum Gasteiger partial charge on any atom is 0.305 e. The molecule has 1 rings (SSSR count). The molecule has 0 aromatic heterocycles. The smallest absolute Gasteiger partial charge is 0.305 e. The van der Waals surface area contributed by atoms with E-state index in [0.29, 0.717) is 26.2 Å². The van der Waals surface area contributed by atoms with E-state index in [1.807, 2.05) is 20.8 Å². The number of allylic oxidation sites excluding steroid dienone is 4. The Bertz CT molecular complexity index is 497. The van der Waals surface area contributed by atoms with E-state index >= 15 is 0 Å². The number of rotatable bonds is 16. The Labute approximate surface area is 185 Å². The third kappa shape index (κ3) is 14.0. The van der Waals surface area contributed by atoms with E-state index in [-0.39, 0.29) is 11.4 Å². The van der Waals surface area contributed by atoms with Crippen LogP contribution in [0.3, 0.4) is 0 Å². The van der Waals surface area contributed by atoms with Crippen LogP contribution in [-0.2, 0) is 19.0 Å². The second-order valence-corrected chi connectivity index (χ2v) is 9.43. The zero-order valence-corrected chi connectivity index (χ0v) is 20.0. The van der Waals surface area contributed by atoms with Crippen molar-refractivity contribution in [2.45, 2.75) is 111 Å². The quantitative estimate of drug-likeness (QED) is 0.151. The Morgan fingerprint density at radius 3 is 2.03 bits per heavy atom. The zero-order valence-electron chi connectivity index (χ0n) is 20.0. The third-order valence-corrected chi connectivity index (χ3v) is 5.45. The van der Waals surface area contributed by atoms with Crippen molar-refractivity contribution >= 4 is 5.97 Å². The Balaban J connectivity index is 1.92. The minimum Gasteiger partial charge on any atom is -0.465 e. The molecule has 0 aromatic rings. The van der Waals surface area contributed by atoms with Gasteiger partial charge in [0.25, 0.3) is 0 Å². The first-order valence-corrected chi connectivity index (χ1v) is 12.1. The molecule has 0 bridgehead atoms. The van der Waals surface area contributed by atoms with Crippen molar-refractivity contribution in [3.05, 3.63) is 24.3 Å². The minimum atomic E-state index is -0.537. The highest BCUT2D eigenvalue weighted by Gasteiger charge is 2.37. The molecule has 30 heavy (non-hydrogen) atoms. The zero-order chi connectivity index (χ0) is 22.1. The van der Waals surface area contributed by atoms with Gasteiger partial charge >= 0.3 is 5.97 Å². The van der Waals surface area contributed by atoms with Crippen molar-refractivity contribution in [2.24, 2.45) is 5.41 Å². The average molecular weight is 423 g/mol. The SMILES string of the molecule is CCCCCC=CCC=CCCCCCCCC(=O)OCC1(C)COC(C)(C)OC1. The van der Waals surface area contributed by atoms with Gasteiger partial charge in [0.2, 0.25) is 0 Å². The standard InChI is InChI=1S/C26H46O4/c1-5-6-7-8-9-10-11-12-13-14-15-16-17-18-19-20-24(27)28-21-26(4)22-29-25(2,3)30-23-26/h9-10,12-13H,5-8,11,14-23H2,1-4H3. The molecule has 0 atom stereocenters. The molecule has 1 fully saturated rings. The summed E-state index contributed by atoms with van der Waals surface area (Å²) in [5.41, 5.74) is -0.246. The summed E-state index contributed by atoms with van der Waals surface area (Å²) in [6, 6.07) is 0. The number of esters is 1. The highest BCUT2D eigenvalue weighted by atomic mass is 16.7. The average Bonchev–Trinajstić information content (AvgIpc) is 2.72. The van der Waals surface area contributed by atoms with Gasteiger partial charge in [0.05, 0.1) is 13.2 Å². The van der Waals surface area contributed by atoms with E-state index in [2.05, 4.69) is 31.2 Å². The normalized spacial score (nSPS) is 18.3. The van der Waals surface area contributed by atoms with Gasteiger partial charge in [-0.25, -0.2) is 0 Å². The molecule has 0 N–H and O–H groups in total.